The molecule has 2 rings (SSSR count). The van der Waals surface area contributed by atoms with Crippen molar-refractivity contribution in [2.45, 2.75) is 119 Å². The van der Waals surface area contributed by atoms with Crippen LogP contribution in [-0.4, -0.2) is 0 Å². The molecule has 0 bridgehead atoms. The van der Waals surface area contributed by atoms with E-state index in [0.717, 1.165) is 33.8 Å². The number of aryl methyl sites for hydroxylation is 2. The summed E-state index contributed by atoms with van der Waals surface area (Å²) in [6, 6.07) is 8.74. The van der Waals surface area contributed by atoms with Crippen molar-refractivity contribution in [1.82, 2.24) is 0 Å². The Bertz CT molecular complexity index is 920. The van der Waals surface area contributed by atoms with Gasteiger partial charge in [-0.05, 0) is 0 Å². The van der Waals surface area contributed by atoms with Gasteiger partial charge in [0.2, 0.25) is 0 Å². The van der Waals surface area contributed by atoms with Crippen molar-refractivity contribution in [2.75, 3.05) is 0 Å². The van der Waals surface area contributed by atoms with E-state index < -0.39 is 15.2 Å². The van der Waals surface area contributed by atoms with E-state index in [2.05, 4.69) is 121 Å². The summed E-state index contributed by atoms with van der Waals surface area (Å²) in [4.78, 5) is 0. The molecule has 0 saturated heterocycles. The van der Waals surface area contributed by atoms with Gasteiger partial charge >= 0.3 is 228 Å². The van der Waals surface area contributed by atoms with Crippen molar-refractivity contribution < 1.29 is 21.9 Å². The average Bonchev–Trinajstić information content (AvgIpc) is 2.60. The first-order valence-corrected chi connectivity index (χ1v) is 18.1. The van der Waals surface area contributed by atoms with Crippen LogP contribution in [-0.2, 0) is 36.9 Å². The fourth-order valence-electron chi connectivity index (χ4n) is 4.25. The third-order valence-corrected chi connectivity index (χ3v) is 8.79. The first-order chi connectivity index (χ1) is 15.4. The third-order valence-electron chi connectivity index (χ3n) is 6.14. The van der Waals surface area contributed by atoms with Gasteiger partial charge < -0.3 is 0 Å². The molecule has 0 spiro atoms. The molecule has 2 nitrogen and oxygen atoms in total. The summed E-state index contributed by atoms with van der Waals surface area (Å²) in [5, 5.41) is 0. The molecule has 0 aromatic heterocycles. The minimum absolute atomic E-state index is 0.148. The summed E-state index contributed by atoms with van der Waals surface area (Å²) < 4.78 is 13.3. The standard InChI is InChI=1S/2C15H24O.2ClH.Ti/c2*1-10-8-11(14(2,3)4)13(16)12(9-10)15(5,6)7;;;/h2*8-9,16H,1-7H3;2*1H;/q;;;;+4/p-4. The Morgan fingerprint density at radius 3 is 0.857 bits per heavy atom. The number of rotatable bonds is 4. The minimum atomic E-state index is -4.34. The maximum absolute atomic E-state index is 7.08. The zero-order valence-corrected chi connectivity index (χ0v) is 27.5. The molecule has 0 aliphatic carbocycles. The summed E-state index contributed by atoms with van der Waals surface area (Å²) in [6.45, 7) is 30.5. The number of hydrogen-bond donors (Lipinski definition) is 0. The summed E-state index contributed by atoms with van der Waals surface area (Å²) >= 11 is -4.34. The fraction of sp³-hybridized carbons (Fsp3) is 0.600. The van der Waals surface area contributed by atoms with Crippen molar-refractivity contribution in [3.05, 3.63) is 57.6 Å². The van der Waals surface area contributed by atoms with E-state index in [9.17, 15) is 0 Å². The molecule has 0 fully saturated rings. The number of hydrogen-bond acceptors (Lipinski definition) is 2. The van der Waals surface area contributed by atoms with Crippen LogP contribution in [0.4, 0.5) is 0 Å². The zero-order valence-electron chi connectivity index (χ0n) is 24.4. The molecule has 0 heterocycles. The van der Waals surface area contributed by atoms with Crippen molar-refractivity contribution in [3.8, 4) is 11.5 Å². The van der Waals surface area contributed by atoms with Gasteiger partial charge in [0, 0.05) is 0 Å². The van der Waals surface area contributed by atoms with Crippen LogP contribution >= 0.6 is 18.6 Å². The van der Waals surface area contributed by atoms with E-state index in [1.54, 1.807) is 0 Å². The zero-order chi connectivity index (χ0) is 27.4. The molecule has 5 heteroatoms. The van der Waals surface area contributed by atoms with E-state index in [4.69, 9.17) is 25.2 Å². The Kier molecular flexibility index (Phi) is 8.64. The van der Waals surface area contributed by atoms with Crippen LogP contribution in [0.1, 0.15) is 116 Å². The van der Waals surface area contributed by atoms with E-state index in [-0.39, 0.29) is 21.7 Å². The second kappa shape index (κ2) is 9.90. The Hall–Kier alpha value is -0.666. The molecular weight excluding hydrogens is 511 g/mol. The molecule has 0 unspecified atom stereocenters. The van der Waals surface area contributed by atoms with Gasteiger partial charge in [-0.3, -0.25) is 0 Å². The van der Waals surface area contributed by atoms with Crippen LogP contribution in [0.15, 0.2) is 24.3 Å². The third kappa shape index (κ3) is 7.67. The van der Waals surface area contributed by atoms with Crippen LogP contribution < -0.4 is 6.64 Å². The van der Waals surface area contributed by atoms with Crippen LogP contribution in [0.25, 0.3) is 0 Å². The van der Waals surface area contributed by atoms with Gasteiger partial charge in [-0.25, -0.2) is 0 Å². The first-order valence-electron chi connectivity index (χ1n) is 12.5. The van der Waals surface area contributed by atoms with Gasteiger partial charge in [-0.1, -0.05) is 0 Å². The molecule has 2 aromatic rings. The predicted molar refractivity (Wildman–Crippen MR) is 150 cm³/mol. The number of benzene rings is 2. The van der Waals surface area contributed by atoms with Gasteiger partial charge in [-0.15, -0.1) is 0 Å². The summed E-state index contributed by atoms with van der Waals surface area (Å²) in [6.07, 6.45) is 0. The molecule has 0 N–H and O–H groups in total. The molecule has 0 aliphatic rings. The molecule has 196 valence electrons. The van der Waals surface area contributed by atoms with Crippen molar-refractivity contribution in [1.29, 1.82) is 0 Å². The summed E-state index contributed by atoms with van der Waals surface area (Å²) in [7, 11) is 14.2. The first kappa shape index (κ1) is 30.6. The Morgan fingerprint density at radius 1 is 0.486 bits per heavy atom. The molecular formula is C30H46Cl2O2Ti. The van der Waals surface area contributed by atoms with Crippen LogP contribution in [0, 0.1) is 13.8 Å². The van der Waals surface area contributed by atoms with Gasteiger partial charge in [0.1, 0.15) is 0 Å². The van der Waals surface area contributed by atoms with Crippen molar-refractivity contribution >= 4 is 18.6 Å². The fourth-order valence-corrected chi connectivity index (χ4v) is 7.02. The SMILES string of the molecule is Cc1cc(C(C)(C)C)c([O][Ti]([Cl])([Cl])[O]c2c(C(C)(C)C)cc(C)cc2C(C)(C)C)c(C(C)(C)C)c1. The second-order valence-electron chi connectivity index (χ2n) is 14.0. The monoisotopic (exact) mass is 556 g/mol. The Morgan fingerprint density at radius 2 is 0.686 bits per heavy atom. The quantitative estimate of drug-likeness (QED) is 0.348. The molecule has 0 atom stereocenters. The van der Waals surface area contributed by atoms with Gasteiger partial charge in [0.15, 0.2) is 0 Å². The van der Waals surface area contributed by atoms with Gasteiger partial charge in [0.25, 0.3) is 0 Å². The molecule has 0 radical (unpaired) electrons. The average molecular weight is 557 g/mol. The Balaban J connectivity index is 2.75. The maximum atomic E-state index is 7.08. The molecule has 0 amide bonds. The number of halogens is 2. The van der Waals surface area contributed by atoms with E-state index in [0.29, 0.717) is 0 Å². The molecule has 35 heavy (non-hydrogen) atoms. The topological polar surface area (TPSA) is 18.5 Å². The second-order valence-corrected chi connectivity index (χ2v) is 21.0. The summed E-state index contributed by atoms with van der Waals surface area (Å²) in [5.74, 6) is 1.53. The summed E-state index contributed by atoms with van der Waals surface area (Å²) in [5.41, 5.74) is 6.18. The van der Waals surface area contributed by atoms with Crippen LogP contribution in [0.2, 0.25) is 0 Å². The molecule has 2 aromatic carbocycles. The van der Waals surface area contributed by atoms with Crippen LogP contribution in [0.3, 0.4) is 0 Å². The van der Waals surface area contributed by atoms with E-state index in [1.165, 1.54) is 11.1 Å². The van der Waals surface area contributed by atoms with E-state index in [1.807, 2.05) is 0 Å². The Labute approximate surface area is 227 Å². The normalized spacial score (nSPS) is 13.7. The predicted octanol–water partition coefficient (Wildman–Crippen LogP) is 10.2. The van der Waals surface area contributed by atoms with Gasteiger partial charge in [0.05, 0.1) is 0 Å². The molecule has 0 saturated carbocycles. The van der Waals surface area contributed by atoms with Gasteiger partial charge in [-0.2, -0.15) is 0 Å². The van der Waals surface area contributed by atoms with Crippen molar-refractivity contribution in [2.24, 2.45) is 0 Å². The van der Waals surface area contributed by atoms with Crippen molar-refractivity contribution in [3.63, 3.8) is 0 Å². The molecule has 0 aliphatic heterocycles. The van der Waals surface area contributed by atoms with Crippen LogP contribution in [0.5, 0.6) is 11.5 Å². The van der Waals surface area contributed by atoms with E-state index >= 15 is 0 Å².